The zero-order chi connectivity index (χ0) is 22.1. The number of nitrogens with one attached hydrogen (secondary N) is 2. The van der Waals surface area contributed by atoms with Crippen LogP contribution in [0.25, 0.3) is 0 Å². The Labute approximate surface area is 176 Å². The molecule has 2 rings (SSSR count). The Morgan fingerprint density at radius 3 is 1.76 bits per heavy atom. The normalized spacial score (nSPS) is 11.1. The lowest BCUT2D eigenvalue weighted by Gasteiger charge is -2.22. The Balaban J connectivity index is 0.000000291. The van der Waals surface area contributed by atoms with E-state index in [1.54, 1.807) is 14.2 Å². The van der Waals surface area contributed by atoms with Crippen molar-refractivity contribution in [3.05, 3.63) is 42.5 Å². The molecular weight excluding hydrogens is 364 g/mol. The summed E-state index contributed by atoms with van der Waals surface area (Å²) in [6.45, 7) is 15.5. The van der Waals surface area contributed by atoms with Gasteiger partial charge in [0.05, 0.1) is 20.8 Å². The van der Waals surface area contributed by atoms with Crippen molar-refractivity contribution in [2.75, 3.05) is 31.5 Å². The standard InChI is InChI=1S/C12H19NO2.C12H19NO/c1-12(2,3)13-9-6-7-10(14-4)11(8-9)15-5;1-5-14-11-8-6-7-10(9-11)13-12(2,3)4/h6-8,13H,1-5H3;6-9,13H,5H2,1-4H3. The Morgan fingerprint density at radius 2 is 1.28 bits per heavy atom. The van der Waals surface area contributed by atoms with E-state index >= 15 is 0 Å². The highest BCUT2D eigenvalue weighted by molar-refractivity contribution is 5.55. The molecule has 2 aromatic carbocycles. The van der Waals surface area contributed by atoms with Crippen molar-refractivity contribution in [1.29, 1.82) is 0 Å². The first-order valence-electron chi connectivity index (χ1n) is 9.98. The molecule has 0 atom stereocenters. The van der Waals surface area contributed by atoms with Crippen molar-refractivity contribution < 1.29 is 14.2 Å². The zero-order valence-corrected chi connectivity index (χ0v) is 19.5. The first kappa shape index (κ1) is 24.5. The van der Waals surface area contributed by atoms with Gasteiger partial charge in [-0.1, -0.05) is 6.07 Å². The predicted molar refractivity (Wildman–Crippen MR) is 124 cm³/mol. The van der Waals surface area contributed by atoms with Gasteiger partial charge in [-0.25, -0.2) is 0 Å². The molecule has 0 aromatic heterocycles. The molecule has 0 radical (unpaired) electrons. The van der Waals surface area contributed by atoms with Crippen molar-refractivity contribution in [2.45, 2.75) is 59.5 Å². The minimum Gasteiger partial charge on any atom is -0.494 e. The van der Waals surface area contributed by atoms with Gasteiger partial charge in [-0.15, -0.1) is 0 Å². The lowest BCUT2D eigenvalue weighted by Crippen LogP contribution is -2.25. The van der Waals surface area contributed by atoms with Crippen LogP contribution in [-0.4, -0.2) is 31.9 Å². The smallest absolute Gasteiger partial charge is 0.162 e. The average molecular weight is 403 g/mol. The SMILES string of the molecule is CCOc1cccc(NC(C)(C)C)c1.COc1ccc(NC(C)(C)C)cc1OC. The maximum Gasteiger partial charge on any atom is 0.162 e. The minimum atomic E-state index is 0.0413. The lowest BCUT2D eigenvalue weighted by atomic mass is 10.1. The van der Waals surface area contributed by atoms with E-state index in [-0.39, 0.29) is 11.1 Å². The fourth-order valence-corrected chi connectivity index (χ4v) is 2.61. The topological polar surface area (TPSA) is 51.8 Å². The summed E-state index contributed by atoms with van der Waals surface area (Å²) < 4.78 is 15.8. The van der Waals surface area contributed by atoms with E-state index in [9.17, 15) is 0 Å². The van der Waals surface area contributed by atoms with Crippen LogP contribution in [0.3, 0.4) is 0 Å². The highest BCUT2D eigenvalue weighted by atomic mass is 16.5. The van der Waals surface area contributed by atoms with E-state index < -0.39 is 0 Å². The molecule has 0 aliphatic heterocycles. The Bertz CT molecular complexity index is 747. The van der Waals surface area contributed by atoms with Crippen LogP contribution < -0.4 is 24.8 Å². The van der Waals surface area contributed by atoms with Gasteiger partial charge in [0.25, 0.3) is 0 Å². The second-order valence-electron chi connectivity index (χ2n) is 8.78. The molecule has 5 heteroatoms. The van der Waals surface area contributed by atoms with Gasteiger partial charge in [0.2, 0.25) is 0 Å². The van der Waals surface area contributed by atoms with Gasteiger partial charge in [-0.3, -0.25) is 0 Å². The molecule has 29 heavy (non-hydrogen) atoms. The van der Waals surface area contributed by atoms with E-state index in [0.717, 1.165) is 28.6 Å². The van der Waals surface area contributed by atoms with Crippen LogP contribution >= 0.6 is 0 Å². The molecule has 0 aliphatic carbocycles. The van der Waals surface area contributed by atoms with Crippen LogP contribution in [0.5, 0.6) is 17.2 Å². The van der Waals surface area contributed by atoms with Crippen molar-refractivity contribution in [3.8, 4) is 17.2 Å². The Kier molecular flexibility index (Phi) is 9.15. The van der Waals surface area contributed by atoms with Gasteiger partial charge in [0.1, 0.15) is 5.75 Å². The summed E-state index contributed by atoms with van der Waals surface area (Å²) >= 11 is 0. The number of ether oxygens (including phenoxy) is 3. The lowest BCUT2D eigenvalue weighted by molar-refractivity contribution is 0.340. The average Bonchev–Trinajstić information content (AvgIpc) is 2.60. The third kappa shape index (κ3) is 9.97. The molecule has 0 saturated carbocycles. The summed E-state index contributed by atoms with van der Waals surface area (Å²) in [5, 5.41) is 6.77. The van der Waals surface area contributed by atoms with Crippen LogP contribution in [0.4, 0.5) is 11.4 Å². The summed E-state index contributed by atoms with van der Waals surface area (Å²) in [5.74, 6) is 2.41. The summed E-state index contributed by atoms with van der Waals surface area (Å²) in [4.78, 5) is 0. The molecule has 0 unspecified atom stereocenters. The van der Waals surface area contributed by atoms with E-state index in [1.807, 2.05) is 49.4 Å². The third-order valence-corrected chi connectivity index (χ3v) is 3.57. The van der Waals surface area contributed by atoms with E-state index in [1.165, 1.54) is 0 Å². The van der Waals surface area contributed by atoms with Gasteiger partial charge in [0.15, 0.2) is 11.5 Å². The molecule has 0 amide bonds. The van der Waals surface area contributed by atoms with Crippen molar-refractivity contribution in [1.82, 2.24) is 0 Å². The van der Waals surface area contributed by atoms with Crippen molar-refractivity contribution >= 4 is 11.4 Å². The molecule has 2 aromatic rings. The van der Waals surface area contributed by atoms with Crippen LogP contribution in [0.1, 0.15) is 48.5 Å². The number of benzene rings is 2. The van der Waals surface area contributed by atoms with Gasteiger partial charge in [-0.2, -0.15) is 0 Å². The molecule has 2 N–H and O–H groups in total. The number of methoxy groups -OCH3 is 2. The van der Waals surface area contributed by atoms with Crippen LogP contribution in [0.15, 0.2) is 42.5 Å². The number of rotatable bonds is 6. The monoisotopic (exact) mass is 402 g/mol. The van der Waals surface area contributed by atoms with Crippen LogP contribution in [0, 0.1) is 0 Å². The Hall–Kier alpha value is -2.56. The van der Waals surface area contributed by atoms with Crippen LogP contribution in [0.2, 0.25) is 0 Å². The summed E-state index contributed by atoms with van der Waals surface area (Å²) in [5.41, 5.74) is 2.26. The molecule has 0 heterocycles. The third-order valence-electron chi connectivity index (χ3n) is 3.57. The van der Waals surface area contributed by atoms with E-state index in [2.05, 4.69) is 52.2 Å². The summed E-state index contributed by atoms with van der Waals surface area (Å²) in [6.07, 6.45) is 0. The summed E-state index contributed by atoms with van der Waals surface area (Å²) in [7, 11) is 3.27. The maximum atomic E-state index is 5.42. The van der Waals surface area contributed by atoms with E-state index in [0.29, 0.717) is 6.61 Å². The quantitative estimate of drug-likeness (QED) is 0.601. The van der Waals surface area contributed by atoms with Gasteiger partial charge < -0.3 is 24.8 Å². The molecule has 0 aliphatic rings. The minimum absolute atomic E-state index is 0.0413. The Morgan fingerprint density at radius 1 is 0.724 bits per heavy atom. The molecule has 0 fully saturated rings. The zero-order valence-electron chi connectivity index (χ0n) is 19.5. The first-order valence-corrected chi connectivity index (χ1v) is 9.98. The largest absolute Gasteiger partial charge is 0.494 e. The predicted octanol–water partition coefficient (Wildman–Crippen LogP) is 6.21. The van der Waals surface area contributed by atoms with Gasteiger partial charge in [-0.05, 0) is 72.7 Å². The molecule has 162 valence electrons. The maximum absolute atomic E-state index is 5.42. The second kappa shape index (κ2) is 10.8. The van der Waals surface area contributed by atoms with Crippen molar-refractivity contribution in [3.63, 3.8) is 0 Å². The van der Waals surface area contributed by atoms with Gasteiger partial charge in [0, 0.05) is 34.6 Å². The molecule has 0 saturated heterocycles. The molecular formula is C24H38N2O3. The number of hydrogen-bond acceptors (Lipinski definition) is 5. The van der Waals surface area contributed by atoms with Gasteiger partial charge >= 0.3 is 0 Å². The van der Waals surface area contributed by atoms with Crippen LogP contribution in [-0.2, 0) is 0 Å². The van der Waals surface area contributed by atoms with Crippen molar-refractivity contribution in [2.24, 2.45) is 0 Å². The highest BCUT2D eigenvalue weighted by Crippen LogP contribution is 2.30. The second-order valence-corrected chi connectivity index (χ2v) is 8.78. The molecule has 0 bridgehead atoms. The van der Waals surface area contributed by atoms with E-state index in [4.69, 9.17) is 14.2 Å². The molecule has 0 spiro atoms. The fraction of sp³-hybridized carbons (Fsp3) is 0.500. The summed E-state index contributed by atoms with van der Waals surface area (Å²) in [6, 6.07) is 13.8. The fourth-order valence-electron chi connectivity index (χ4n) is 2.61. The first-order chi connectivity index (χ1) is 13.5. The molecule has 5 nitrogen and oxygen atoms in total. The number of hydrogen-bond donors (Lipinski definition) is 2. The number of anilines is 2. The highest BCUT2D eigenvalue weighted by Gasteiger charge is 2.11.